The van der Waals surface area contributed by atoms with Crippen molar-refractivity contribution in [3.63, 3.8) is 0 Å². The largest absolute Gasteiger partial charge is 0.481 e. The molecule has 2 aromatic heterocycles. The van der Waals surface area contributed by atoms with Gasteiger partial charge in [-0.2, -0.15) is 0 Å². The Bertz CT molecular complexity index is 1250. The molecule has 4 rings (SSSR count). The monoisotopic (exact) mass is 430 g/mol. The summed E-state index contributed by atoms with van der Waals surface area (Å²) in [5.41, 5.74) is 1.70. The lowest BCUT2D eigenvalue weighted by Crippen LogP contribution is -2.17. The van der Waals surface area contributed by atoms with Crippen molar-refractivity contribution in [3.8, 4) is 10.6 Å². The van der Waals surface area contributed by atoms with Gasteiger partial charge in [-0.25, -0.2) is 12.8 Å². The molecule has 0 bridgehead atoms. The Balaban J connectivity index is 1.86. The van der Waals surface area contributed by atoms with E-state index >= 15 is 0 Å². The lowest BCUT2D eigenvalue weighted by Gasteiger charge is -2.17. The van der Waals surface area contributed by atoms with Crippen LogP contribution < -0.4 is 0 Å². The molecule has 0 radical (unpaired) electrons. The van der Waals surface area contributed by atoms with Crippen LogP contribution in [0.1, 0.15) is 19.8 Å². The molecule has 0 amide bonds. The van der Waals surface area contributed by atoms with Gasteiger partial charge in [0.2, 0.25) is 9.84 Å². The lowest BCUT2D eigenvalue weighted by molar-refractivity contribution is -0.136. The number of aromatic nitrogens is 1. The van der Waals surface area contributed by atoms with Crippen LogP contribution in [0.3, 0.4) is 0 Å². The number of halogens is 1. The van der Waals surface area contributed by atoms with Gasteiger partial charge in [0, 0.05) is 23.9 Å². The molecular formula is C20H15FN2O4S2. The van der Waals surface area contributed by atoms with Gasteiger partial charge >= 0.3 is 5.97 Å². The van der Waals surface area contributed by atoms with E-state index in [1.807, 2.05) is 0 Å². The first-order valence-corrected chi connectivity index (χ1v) is 11.0. The molecule has 1 aliphatic heterocycles. The third kappa shape index (κ3) is 3.36. The van der Waals surface area contributed by atoms with Gasteiger partial charge in [-0.05, 0) is 42.8 Å². The number of allylic oxidation sites excluding steroid dienone is 4. The number of sulfone groups is 1. The van der Waals surface area contributed by atoms with Crippen molar-refractivity contribution in [1.82, 2.24) is 4.98 Å². The fourth-order valence-electron chi connectivity index (χ4n) is 3.34. The molecule has 0 aromatic carbocycles. The van der Waals surface area contributed by atoms with Crippen LogP contribution in [-0.2, 0) is 14.6 Å². The Morgan fingerprint density at radius 1 is 1.28 bits per heavy atom. The summed E-state index contributed by atoms with van der Waals surface area (Å²) in [5, 5.41) is 9.21. The fraction of sp³-hybridized carbons (Fsp3) is 0.150. The zero-order valence-corrected chi connectivity index (χ0v) is 16.8. The van der Waals surface area contributed by atoms with Gasteiger partial charge < -0.3 is 5.11 Å². The minimum Gasteiger partial charge on any atom is -0.481 e. The van der Waals surface area contributed by atoms with E-state index in [2.05, 4.69) is 9.98 Å². The van der Waals surface area contributed by atoms with Gasteiger partial charge in [0.15, 0.2) is 0 Å². The van der Waals surface area contributed by atoms with Crippen molar-refractivity contribution in [2.45, 2.75) is 24.0 Å². The molecule has 2 aliphatic rings. The first-order chi connectivity index (χ1) is 13.8. The molecule has 2 aromatic rings. The van der Waals surface area contributed by atoms with Crippen molar-refractivity contribution < 1.29 is 22.7 Å². The third-order valence-corrected chi connectivity index (χ3v) is 8.02. The first kappa shape index (κ1) is 19.4. The predicted molar refractivity (Wildman–Crippen MR) is 108 cm³/mol. The van der Waals surface area contributed by atoms with E-state index in [1.165, 1.54) is 12.1 Å². The molecule has 0 fully saturated rings. The molecule has 0 spiro atoms. The standard InChI is InChI=1S/C20H15FN2O4S2/c1-11-12(10-17(24)25)19-15(23-11)6-5-13(21)20(19)29(26,27)18-8-7-16(28-18)14-4-2-3-9-22-14/h2-5,7-9H,6,10H2,1H3,(H,24,25). The van der Waals surface area contributed by atoms with Gasteiger partial charge in [-0.3, -0.25) is 14.8 Å². The summed E-state index contributed by atoms with van der Waals surface area (Å²) in [6.45, 7) is 1.60. The van der Waals surface area contributed by atoms with Crippen LogP contribution in [-0.4, -0.2) is 30.2 Å². The van der Waals surface area contributed by atoms with Crippen LogP contribution in [0.4, 0.5) is 4.39 Å². The quantitative estimate of drug-likeness (QED) is 0.763. The topological polar surface area (TPSA) is 96.7 Å². The average molecular weight is 430 g/mol. The SMILES string of the molecule is CC1=C(CC(=O)O)C2=C(S(=O)(=O)c3ccc(-c4ccccn4)s3)C(F)=CCC2=N1. The summed E-state index contributed by atoms with van der Waals surface area (Å²) in [6, 6.07) is 8.33. The average Bonchev–Trinajstić information content (AvgIpc) is 3.29. The number of thiophene rings is 1. The van der Waals surface area contributed by atoms with Crippen molar-refractivity contribution in [2.75, 3.05) is 0 Å². The van der Waals surface area contributed by atoms with E-state index in [0.29, 0.717) is 22.0 Å². The Morgan fingerprint density at radius 3 is 2.76 bits per heavy atom. The Labute approximate surface area is 170 Å². The maximum atomic E-state index is 14.8. The van der Waals surface area contributed by atoms with Crippen molar-refractivity contribution >= 4 is 32.9 Å². The number of fused-ring (bicyclic) bond motifs is 1. The van der Waals surface area contributed by atoms with E-state index in [1.54, 1.807) is 37.4 Å². The number of nitrogens with zero attached hydrogens (tertiary/aromatic N) is 2. The highest BCUT2D eigenvalue weighted by Gasteiger charge is 2.38. The van der Waals surface area contributed by atoms with Crippen LogP contribution in [0, 0.1) is 0 Å². The number of carbonyl (C=O) groups is 1. The lowest BCUT2D eigenvalue weighted by atomic mass is 9.94. The Hall–Kier alpha value is -2.91. The molecule has 0 saturated heterocycles. The maximum absolute atomic E-state index is 14.8. The number of hydrogen-bond acceptors (Lipinski definition) is 6. The second-order valence-electron chi connectivity index (χ2n) is 6.49. The molecule has 9 heteroatoms. The second kappa shape index (κ2) is 7.16. The Kier molecular flexibility index (Phi) is 4.79. The number of hydrogen-bond donors (Lipinski definition) is 1. The third-order valence-electron chi connectivity index (χ3n) is 4.61. The zero-order chi connectivity index (χ0) is 20.8. The maximum Gasteiger partial charge on any atom is 0.307 e. The molecule has 0 unspecified atom stereocenters. The van der Waals surface area contributed by atoms with Gasteiger partial charge in [-0.1, -0.05) is 6.07 Å². The molecule has 3 heterocycles. The minimum atomic E-state index is -4.23. The van der Waals surface area contributed by atoms with Crippen molar-refractivity contribution in [1.29, 1.82) is 0 Å². The summed E-state index contributed by atoms with van der Waals surface area (Å²) in [6.07, 6.45) is 2.46. The highest BCUT2D eigenvalue weighted by molar-refractivity contribution is 7.97. The summed E-state index contributed by atoms with van der Waals surface area (Å²) >= 11 is 0.988. The van der Waals surface area contributed by atoms with E-state index in [0.717, 1.165) is 11.3 Å². The van der Waals surface area contributed by atoms with Crippen molar-refractivity contribution in [3.05, 3.63) is 70.2 Å². The molecule has 0 atom stereocenters. The summed E-state index contributed by atoms with van der Waals surface area (Å²) < 4.78 is 41.5. The molecule has 1 N–H and O–H groups in total. The van der Waals surface area contributed by atoms with E-state index in [4.69, 9.17) is 0 Å². The van der Waals surface area contributed by atoms with E-state index < -0.39 is 33.0 Å². The van der Waals surface area contributed by atoms with Gasteiger partial charge in [0.25, 0.3) is 0 Å². The normalized spacial score (nSPS) is 16.6. The van der Waals surface area contributed by atoms with Crippen LogP contribution in [0.15, 0.2) is 79.4 Å². The molecular weight excluding hydrogens is 415 g/mol. The van der Waals surface area contributed by atoms with Gasteiger partial charge in [0.1, 0.15) is 14.9 Å². The number of rotatable bonds is 5. The smallest absolute Gasteiger partial charge is 0.307 e. The summed E-state index contributed by atoms with van der Waals surface area (Å²) in [4.78, 5) is 19.9. The first-order valence-electron chi connectivity index (χ1n) is 8.65. The molecule has 29 heavy (non-hydrogen) atoms. The highest BCUT2D eigenvalue weighted by Crippen LogP contribution is 2.43. The molecule has 1 aliphatic carbocycles. The van der Waals surface area contributed by atoms with Gasteiger partial charge in [-0.15, -0.1) is 11.3 Å². The highest BCUT2D eigenvalue weighted by atomic mass is 32.2. The number of aliphatic imine (C=N–C) groups is 1. The number of carboxylic acid groups (broad SMARTS) is 1. The Morgan fingerprint density at radius 2 is 2.07 bits per heavy atom. The molecule has 6 nitrogen and oxygen atoms in total. The van der Waals surface area contributed by atoms with Crippen molar-refractivity contribution in [2.24, 2.45) is 4.99 Å². The summed E-state index contributed by atoms with van der Waals surface area (Å²) in [7, 11) is -4.23. The zero-order valence-electron chi connectivity index (χ0n) is 15.2. The number of aliphatic carboxylic acids is 1. The van der Waals surface area contributed by atoms with Crippen LogP contribution in [0.25, 0.3) is 10.6 Å². The molecule has 0 saturated carbocycles. The van der Waals surface area contributed by atoms with E-state index in [9.17, 15) is 22.7 Å². The summed E-state index contributed by atoms with van der Waals surface area (Å²) in [5.74, 6) is -2.02. The molecule has 148 valence electrons. The fourth-order valence-corrected chi connectivity index (χ4v) is 6.31. The number of carboxylic acids is 1. The van der Waals surface area contributed by atoms with Crippen LogP contribution >= 0.6 is 11.3 Å². The second-order valence-corrected chi connectivity index (χ2v) is 9.69. The van der Waals surface area contributed by atoms with Crippen LogP contribution in [0.5, 0.6) is 0 Å². The predicted octanol–water partition coefficient (Wildman–Crippen LogP) is 4.30. The minimum absolute atomic E-state index is 0.0373. The van der Waals surface area contributed by atoms with E-state index in [-0.39, 0.29) is 21.8 Å². The van der Waals surface area contributed by atoms with Gasteiger partial charge in [0.05, 0.1) is 22.7 Å². The van der Waals surface area contributed by atoms with Crippen LogP contribution in [0.2, 0.25) is 0 Å². The number of pyridine rings is 1.